The quantitative estimate of drug-likeness (QED) is 0.875. The van der Waals surface area contributed by atoms with Crippen molar-refractivity contribution in [2.24, 2.45) is 0 Å². The third-order valence-electron chi connectivity index (χ3n) is 3.53. The molecule has 0 saturated heterocycles. The number of benzene rings is 1. The van der Waals surface area contributed by atoms with Gasteiger partial charge in [0.05, 0.1) is 4.90 Å². The molecule has 0 unspecified atom stereocenters. The second kappa shape index (κ2) is 5.60. The minimum absolute atomic E-state index is 0.0697. The average Bonchev–Trinajstić information content (AvgIpc) is 2.98. The molecule has 0 bridgehead atoms. The number of carbonyl (C=O) groups is 1. The van der Waals surface area contributed by atoms with Crippen molar-refractivity contribution in [2.45, 2.75) is 11.8 Å². The molecule has 1 aliphatic rings. The maximum atomic E-state index is 13.1. The molecule has 1 N–H and O–H groups in total. The first-order valence-corrected chi connectivity index (χ1v) is 9.00. The van der Waals surface area contributed by atoms with Gasteiger partial charge in [-0.3, -0.25) is 14.0 Å². The van der Waals surface area contributed by atoms with Gasteiger partial charge in [0, 0.05) is 34.8 Å². The van der Waals surface area contributed by atoms with E-state index in [0.29, 0.717) is 14.1 Å². The van der Waals surface area contributed by atoms with Crippen LogP contribution in [0.1, 0.15) is 14.6 Å². The van der Waals surface area contributed by atoms with Crippen molar-refractivity contribution in [3.63, 3.8) is 0 Å². The summed E-state index contributed by atoms with van der Waals surface area (Å²) in [5.41, 5.74) is -0.725. The molecular formula is C15H15N3O4S2. The van der Waals surface area contributed by atoms with Crippen LogP contribution in [0.4, 0.5) is 5.13 Å². The number of nitrogens with zero attached hydrogens (tertiary/aromatic N) is 3. The third kappa shape index (κ3) is 2.36. The van der Waals surface area contributed by atoms with Gasteiger partial charge >= 0.3 is 0 Å². The first-order chi connectivity index (χ1) is 12.5. The number of thiazole rings is 1. The van der Waals surface area contributed by atoms with Crippen molar-refractivity contribution >= 4 is 38.2 Å². The summed E-state index contributed by atoms with van der Waals surface area (Å²) in [4.78, 5) is 17.9. The average molecular weight is 368 g/mol. The lowest BCUT2D eigenvalue weighted by molar-refractivity contribution is -0.115. The Morgan fingerprint density at radius 2 is 2.12 bits per heavy atom. The van der Waals surface area contributed by atoms with E-state index in [9.17, 15) is 18.3 Å². The molecule has 0 saturated carbocycles. The van der Waals surface area contributed by atoms with Crippen LogP contribution in [0.15, 0.2) is 41.1 Å². The van der Waals surface area contributed by atoms with Crippen LogP contribution < -0.4 is 4.90 Å². The number of anilines is 1. The molecule has 0 radical (unpaired) electrons. The van der Waals surface area contributed by atoms with E-state index in [-0.39, 0.29) is 15.6 Å². The third-order valence-corrected chi connectivity index (χ3v) is 6.24. The Morgan fingerprint density at radius 1 is 1.42 bits per heavy atom. The van der Waals surface area contributed by atoms with E-state index in [2.05, 4.69) is 4.98 Å². The molecule has 0 fully saturated rings. The predicted molar refractivity (Wildman–Crippen MR) is 91.2 cm³/mol. The summed E-state index contributed by atoms with van der Waals surface area (Å²) in [7, 11) is -3.05. The monoisotopic (exact) mass is 368 g/mol. The van der Waals surface area contributed by atoms with E-state index < -0.39 is 34.4 Å². The maximum Gasteiger partial charge on any atom is 0.280 e. The molecule has 2 heterocycles. The van der Waals surface area contributed by atoms with Gasteiger partial charge in [-0.15, -0.1) is 11.3 Å². The smallest absolute Gasteiger partial charge is 0.280 e. The normalized spacial score (nSPS) is 18.4. The van der Waals surface area contributed by atoms with Crippen molar-refractivity contribution in [1.29, 1.82) is 0 Å². The van der Waals surface area contributed by atoms with Crippen LogP contribution in [-0.2, 0) is 14.8 Å². The van der Waals surface area contributed by atoms with E-state index in [1.807, 2.05) is 0 Å². The lowest BCUT2D eigenvalue weighted by Crippen LogP contribution is -2.40. The Morgan fingerprint density at radius 3 is 2.75 bits per heavy atom. The number of sulfonamides is 1. The van der Waals surface area contributed by atoms with Gasteiger partial charge in [-0.2, -0.15) is 0 Å². The lowest BCUT2D eigenvalue weighted by Gasteiger charge is -2.30. The fraction of sp³-hybridized carbons (Fsp3) is 0.200. The van der Waals surface area contributed by atoms with E-state index in [0.717, 1.165) is 18.4 Å². The first kappa shape index (κ1) is 13.0. The number of rotatable bonds is 2. The zero-order chi connectivity index (χ0) is 20.1. The van der Waals surface area contributed by atoms with Crippen LogP contribution in [0.5, 0.6) is 0 Å². The van der Waals surface area contributed by atoms with Gasteiger partial charge in [0.1, 0.15) is 0 Å². The lowest BCUT2D eigenvalue weighted by atomic mass is 10.1. The summed E-state index contributed by atoms with van der Waals surface area (Å²) < 4.78 is 49.1. The predicted octanol–water partition coefficient (Wildman–Crippen LogP) is 1.98. The number of hydrogen-bond donors (Lipinski definition) is 1. The van der Waals surface area contributed by atoms with Gasteiger partial charge in [0.25, 0.3) is 15.9 Å². The van der Waals surface area contributed by atoms with Gasteiger partial charge in [0.15, 0.2) is 16.6 Å². The molecule has 1 aromatic heterocycles. The second-order valence-corrected chi connectivity index (χ2v) is 8.21. The summed E-state index contributed by atoms with van der Waals surface area (Å²) in [5, 5.41) is 10.5. The zero-order valence-corrected chi connectivity index (χ0v) is 14.3. The molecule has 2 aromatic rings. The summed E-state index contributed by atoms with van der Waals surface area (Å²) in [5.74, 6) is -1.81. The fourth-order valence-electron chi connectivity index (χ4n) is 2.31. The van der Waals surface area contributed by atoms with Crippen LogP contribution in [0, 0.1) is 6.92 Å². The molecule has 1 amide bonds. The molecule has 9 heteroatoms. The highest BCUT2D eigenvalue weighted by Gasteiger charge is 2.39. The molecule has 7 nitrogen and oxygen atoms in total. The van der Waals surface area contributed by atoms with E-state index in [1.54, 1.807) is 6.92 Å². The summed E-state index contributed by atoms with van der Waals surface area (Å²) in [6.07, 6.45) is 1.40. The SMILES string of the molecule is [2H]C([2H])([2H])N(C(=O)C1=C(O)c2ccccc2S(=O)(=O)N1C)c1ncc(C)s1. The molecule has 0 aliphatic carbocycles. The Bertz CT molecular complexity index is 1060. The Kier molecular flexibility index (Phi) is 3.03. The second-order valence-electron chi connectivity index (χ2n) is 5.06. The fourth-order valence-corrected chi connectivity index (χ4v) is 4.37. The Labute approximate surface area is 147 Å². The summed E-state index contributed by atoms with van der Waals surface area (Å²) in [6, 6.07) is 5.63. The van der Waals surface area contributed by atoms with E-state index in [4.69, 9.17) is 4.11 Å². The van der Waals surface area contributed by atoms with Gasteiger partial charge in [-0.05, 0) is 19.1 Å². The number of carbonyl (C=O) groups excluding carboxylic acids is 1. The number of aliphatic hydroxyl groups excluding tert-OH is 1. The minimum Gasteiger partial charge on any atom is -0.505 e. The Balaban J connectivity index is 2.23. The van der Waals surface area contributed by atoms with Crippen molar-refractivity contribution in [1.82, 2.24) is 9.29 Å². The molecule has 126 valence electrons. The zero-order valence-electron chi connectivity index (χ0n) is 15.7. The Hall–Kier alpha value is -2.39. The highest BCUT2D eigenvalue weighted by molar-refractivity contribution is 7.89. The van der Waals surface area contributed by atoms with Crippen LogP contribution >= 0.6 is 11.3 Å². The van der Waals surface area contributed by atoms with Gasteiger partial charge in [-0.1, -0.05) is 12.1 Å². The molecule has 3 rings (SSSR count). The number of likely N-dealkylation sites (N-methyl/N-ethyl adjacent to an activating group) is 2. The molecule has 0 atom stereocenters. The molecule has 1 aliphatic heterocycles. The van der Waals surface area contributed by atoms with Crippen LogP contribution in [0.3, 0.4) is 0 Å². The maximum absolute atomic E-state index is 13.1. The van der Waals surface area contributed by atoms with Crippen molar-refractivity contribution < 1.29 is 22.4 Å². The topological polar surface area (TPSA) is 90.8 Å². The number of aromatic nitrogens is 1. The standard InChI is InChI=1S/C15H15N3O4S2/c1-9-8-16-15(23-9)17(2)14(20)12-13(19)10-6-4-5-7-11(10)24(21,22)18(12)3/h4-8,19H,1-3H3/i2D3. The summed E-state index contributed by atoms with van der Waals surface area (Å²) >= 11 is 0.965. The van der Waals surface area contributed by atoms with Crippen molar-refractivity contribution in [3.05, 3.63) is 46.6 Å². The highest BCUT2D eigenvalue weighted by Crippen LogP contribution is 2.35. The first-order valence-electron chi connectivity index (χ1n) is 8.25. The molecular weight excluding hydrogens is 350 g/mol. The van der Waals surface area contributed by atoms with Gasteiger partial charge in [-0.25, -0.2) is 13.4 Å². The molecule has 1 aromatic carbocycles. The number of aliphatic hydroxyl groups is 1. The van der Waals surface area contributed by atoms with Crippen molar-refractivity contribution in [2.75, 3.05) is 18.9 Å². The minimum atomic E-state index is -4.14. The van der Waals surface area contributed by atoms with Gasteiger partial charge < -0.3 is 5.11 Å². The largest absolute Gasteiger partial charge is 0.505 e. The van der Waals surface area contributed by atoms with Crippen LogP contribution in [0.25, 0.3) is 5.76 Å². The highest BCUT2D eigenvalue weighted by atomic mass is 32.2. The number of hydrogen-bond acceptors (Lipinski definition) is 6. The van der Waals surface area contributed by atoms with Crippen LogP contribution in [-0.4, -0.2) is 42.7 Å². The molecule has 24 heavy (non-hydrogen) atoms. The summed E-state index contributed by atoms with van der Waals surface area (Å²) in [6.45, 7) is -1.25. The number of aryl methyl sites for hydroxylation is 1. The molecule has 0 spiro atoms. The van der Waals surface area contributed by atoms with Crippen molar-refractivity contribution in [3.8, 4) is 0 Å². The van der Waals surface area contributed by atoms with E-state index in [1.165, 1.54) is 30.5 Å². The van der Waals surface area contributed by atoms with Gasteiger partial charge in [0.2, 0.25) is 0 Å². The van der Waals surface area contributed by atoms with E-state index >= 15 is 0 Å². The number of fused-ring (bicyclic) bond motifs is 1. The van der Waals surface area contributed by atoms with Crippen LogP contribution in [0.2, 0.25) is 0 Å². The number of amides is 1.